The molecule has 1 saturated carbocycles. The third-order valence-corrected chi connectivity index (χ3v) is 4.86. The lowest BCUT2D eigenvalue weighted by molar-refractivity contribution is -0.135. The van der Waals surface area contributed by atoms with E-state index in [-0.39, 0.29) is 29.6 Å². The zero-order valence-electron chi connectivity index (χ0n) is 14.8. The van der Waals surface area contributed by atoms with Crippen molar-refractivity contribution in [1.29, 1.82) is 0 Å². The van der Waals surface area contributed by atoms with E-state index in [1.165, 1.54) is 24.3 Å². The van der Waals surface area contributed by atoms with Crippen LogP contribution in [0.15, 0.2) is 53.7 Å². The number of amides is 1. The molecule has 2 aromatic carbocycles. The van der Waals surface area contributed by atoms with E-state index in [0.717, 1.165) is 29.7 Å². The largest absolute Gasteiger partial charge is 0.390 e. The Kier molecular flexibility index (Phi) is 4.88. The van der Waals surface area contributed by atoms with Crippen molar-refractivity contribution in [2.75, 3.05) is 6.54 Å². The molecule has 27 heavy (non-hydrogen) atoms. The molecule has 1 atom stereocenters. The van der Waals surface area contributed by atoms with E-state index in [1.54, 1.807) is 29.2 Å². The van der Waals surface area contributed by atoms with Crippen LogP contribution < -0.4 is 0 Å². The highest BCUT2D eigenvalue weighted by atomic mass is 19.1. The van der Waals surface area contributed by atoms with E-state index in [9.17, 15) is 13.6 Å². The van der Waals surface area contributed by atoms with E-state index >= 15 is 0 Å². The van der Waals surface area contributed by atoms with E-state index in [2.05, 4.69) is 5.16 Å². The maximum Gasteiger partial charge on any atom is 0.226 e. The molecule has 4 nitrogen and oxygen atoms in total. The summed E-state index contributed by atoms with van der Waals surface area (Å²) < 4.78 is 26.2. The Morgan fingerprint density at radius 3 is 2.30 bits per heavy atom. The van der Waals surface area contributed by atoms with Crippen LogP contribution >= 0.6 is 0 Å². The molecule has 140 valence electrons. The standard InChI is InChI=1S/C21H20F2N2O2/c22-17-7-1-14(2-8-17)12-25(21(26)16-3-4-16)13-19-11-20(24-27-19)15-5-9-18(23)10-6-15/h1-2,5-10,16,19H,3-4,11-13H2. The predicted octanol–water partition coefficient (Wildman–Crippen LogP) is 3.90. The maximum atomic E-state index is 13.1. The third kappa shape index (κ3) is 4.32. The first-order chi connectivity index (χ1) is 13.1. The van der Waals surface area contributed by atoms with Gasteiger partial charge in [0.15, 0.2) is 6.10 Å². The Balaban J connectivity index is 1.42. The van der Waals surface area contributed by atoms with Crippen LogP contribution in [0.2, 0.25) is 0 Å². The Bertz CT molecular complexity index is 845. The first kappa shape index (κ1) is 17.6. The van der Waals surface area contributed by atoms with Crippen LogP contribution in [-0.4, -0.2) is 29.2 Å². The topological polar surface area (TPSA) is 41.9 Å². The molecule has 0 aromatic heterocycles. The van der Waals surface area contributed by atoms with Gasteiger partial charge >= 0.3 is 0 Å². The average Bonchev–Trinajstić information content (AvgIpc) is 3.42. The van der Waals surface area contributed by atoms with Gasteiger partial charge in [-0.3, -0.25) is 4.79 Å². The summed E-state index contributed by atoms with van der Waals surface area (Å²) in [5.74, 6) is -0.395. The Labute approximate surface area is 156 Å². The summed E-state index contributed by atoms with van der Waals surface area (Å²) in [6.07, 6.45) is 2.15. The molecule has 0 bridgehead atoms. The Morgan fingerprint density at radius 1 is 1.04 bits per heavy atom. The summed E-state index contributed by atoms with van der Waals surface area (Å²) >= 11 is 0. The number of hydrogen-bond donors (Lipinski definition) is 0. The van der Waals surface area contributed by atoms with E-state index in [0.29, 0.717) is 19.5 Å². The quantitative estimate of drug-likeness (QED) is 0.774. The van der Waals surface area contributed by atoms with Crippen LogP contribution in [0.1, 0.15) is 30.4 Å². The lowest BCUT2D eigenvalue weighted by Crippen LogP contribution is -2.38. The van der Waals surface area contributed by atoms with Crippen LogP contribution in [0.5, 0.6) is 0 Å². The van der Waals surface area contributed by atoms with Gasteiger partial charge in [0, 0.05) is 18.9 Å². The number of carbonyl (C=O) groups excluding carboxylic acids is 1. The van der Waals surface area contributed by atoms with Crippen LogP contribution in [0, 0.1) is 17.6 Å². The molecule has 1 unspecified atom stereocenters. The molecule has 0 spiro atoms. The summed E-state index contributed by atoms with van der Waals surface area (Å²) in [5, 5.41) is 4.12. The second-order valence-corrected chi connectivity index (χ2v) is 7.10. The van der Waals surface area contributed by atoms with Gasteiger partial charge in [0.25, 0.3) is 0 Å². The molecule has 1 aliphatic carbocycles. The highest BCUT2D eigenvalue weighted by Crippen LogP contribution is 2.32. The zero-order chi connectivity index (χ0) is 18.8. The number of rotatable bonds is 6. The second-order valence-electron chi connectivity index (χ2n) is 7.10. The third-order valence-electron chi connectivity index (χ3n) is 4.86. The van der Waals surface area contributed by atoms with Gasteiger partial charge in [-0.05, 0) is 48.2 Å². The van der Waals surface area contributed by atoms with Gasteiger partial charge in [-0.25, -0.2) is 8.78 Å². The normalized spacial score (nSPS) is 18.7. The van der Waals surface area contributed by atoms with Crippen LogP contribution in [0.4, 0.5) is 8.78 Å². The molecule has 0 saturated heterocycles. The number of hydrogen-bond acceptors (Lipinski definition) is 3. The van der Waals surface area contributed by atoms with Crippen molar-refractivity contribution < 1.29 is 18.4 Å². The van der Waals surface area contributed by atoms with Gasteiger partial charge in [-0.2, -0.15) is 0 Å². The van der Waals surface area contributed by atoms with Crippen LogP contribution in [-0.2, 0) is 16.2 Å². The summed E-state index contributed by atoms with van der Waals surface area (Å²) in [4.78, 5) is 20.0. The molecule has 1 fully saturated rings. The molecule has 1 amide bonds. The van der Waals surface area contributed by atoms with Gasteiger partial charge in [0.1, 0.15) is 11.6 Å². The van der Waals surface area contributed by atoms with Crippen molar-refractivity contribution in [2.45, 2.75) is 31.9 Å². The molecule has 1 heterocycles. The van der Waals surface area contributed by atoms with Crippen molar-refractivity contribution in [2.24, 2.45) is 11.1 Å². The van der Waals surface area contributed by atoms with Crippen molar-refractivity contribution in [3.05, 3.63) is 71.3 Å². The molecule has 0 N–H and O–H groups in total. The van der Waals surface area contributed by atoms with Gasteiger partial charge < -0.3 is 9.74 Å². The second kappa shape index (κ2) is 7.47. The Morgan fingerprint density at radius 2 is 1.67 bits per heavy atom. The van der Waals surface area contributed by atoms with Crippen molar-refractivity contribution in [1.82, 2.24) is 4.90 Å². The van der Waals surface area contributed by atoms with Gasteiger partial charge in [-0.1, -0.05) is 29.4 Å². The highest BCUT2D eigenvalue weighted by Gasteiger charge is 2.35. The minimum absolute atomic E-state index is 0.0874. The summed E-state index contributed by atoms with van der Waals surface area (Å²) in [6, 6.07) is 12.3. The molecule has 4 rings (SSSR count). The fraction of sp³-hybridized carbons (Fsp3) is 0.333. The first-order valence-electron chi connectivity index (χ1n) is 9.10. The Hall–Kier alpha value is -2.76. The van der Waals surface area contributed by atoms with E-state index in [1.807, 2.05) is 0 Å². The monoisotopic (exact) mass is 370 g/mol. The molecule has 2 aromatic rings. The molecule has 6 heteroatoms. The molecular weight excluding hydrogens is 350 g/mol. The van der Waals surface area contributed by atoms with Crippen LogP contribution in [0.25, 0.3) is 0 Å². The highest BCUT2D eigenvalue weighted by molar-refractivity contribution is 6.01. The van der Waals surface area contributed by atoms with Crippen molar-refractivity contribution in [3.63, 3.8) is 0 Å². The van der Waals surface area contributed by atoms with E-state index < -0.39 is 0 Å². The molecular formula is C21H20F2N2O2. The molecule has 2 aliphatic rings. The molecule has 0 radical (unpaired) electrons. The van der Waals surface area contributed by atoms with Crippen molar-refractivity contribution >= 4 is 11.6 Å². The minimum atomic E-state index is -0.296. The number of oxime groups is 1. The lowest BCUT2D eigenvalue weighted by Gasteiger charge is -2.25. The van der Waals surface area contributed by atoms with Gasteiger partial charge in [-0.15, -0.1) is 0 Å². The average molecular weight is 370 g/mol. The summed E-state index contributed by atoms with van der Waals surface area (Å²) in [5.41, 5.74) is 2.45. The maximum absolute atomic E-state index is 13.1. The number of halogens is 2. The fourth-order valence-electron chi connectivity index (χ4n) is 3.22. The summed E-state index contributed by atoms with van der Waals surface area (Å²) in [7, 11) is 0. The minimum Gasteiger partial charge on any atom is -0.390 e. The predicted molar refractivity (Wildman–Crippen MR) is 97.0 cm³/mol. The number of benzene rings is 2. The van der Waals surface area contributed by atoms with Gasteiger partial charge in [0.2, 0.25) is 5.91 Å². The van der Waals surface area contributed by atoms with E-state index in [4.69, 9.17) is 4.84 Å². The first-order valence-corrected chi connectivity index (χ1v) is 9.10. The van der Waals surface area contributed by atoms with Crippen molar-refractivity contribution in [3.8, 4) is 0 Å². The smallest absolute Gasteiger partial charge is 0.226 e. The SMILES string of the molecule is O=C(C1CC1)N(Cc1ccc(F)cc1)CC1CC(c2ccc(F)cc2)=NO1. The summed E-state index contributed by atoms with van der Waals surface area (Å²) in [6.45, 7) is 0.836. The van der Waals surface area contributed by atoms with Gasteiger partial charge in [0.05, 0.1) is 12.3 Å². The number of carbonyl (C=O) groups is 1. The zero-order valence-corrected chi connectivity index (χ0v) is 14.8. The number of nitrogens with zero attached hydrogens (tertiary/aromatic N) is 2. The lowest BCUT2D eigenvalue weighted by atomic mass is 10.0. The fourth-order valence-corrected chi connectivity index (χ4v) is 3.22. The molecule has 1 aliphatic heterocycles. The van der Waals surface area contributed by atoms with Crippen LogP contribution in [0.3, 0.4) is 0 Å².